The van der Waals surface area contributed by atoms with Crippen LogP contribution in [0.4, 0.5) is 17.1 Å². The zero-order chi connectivity index (χ0) is 30.9. The third-order valence-corrected chi connectivity index (χ3v) is 10.6. The molecule has 10 rings (SSSR count). The van der Waals surface area contributed by atoms with Gasteiger partial charge in [0.15, 0.2) is 0 Å². The zero-order valence-electron chi connectivity index (χ0n) is 25.5. The van der Waals surface area contributed by atoms with Gasteiger partial charge in [-0.1, -0.05) is 97.1 Å². The summed E-state index contributed by atoms with van der Waals surface area (Å²) < 4.78 is 5.06. The normalized spacial score (nSPS) is 11.8. The number of hydrogen-bond acceptors (Lipinski definition) is 2. The Kier molecular flexibility index (Phi) is 5.78. The van der Waals surface area contributed by atoms with Gasteiger partial charge in [-0.05, 0) is 94.3 Å². The zero-order valence-corrected chi connectivity index (χ0v) is 26.3. The highest BCUT2D eigenvalue weighted by Gasteiger charge is 2.21. The molecule has 0 aliphatic rings. The highest BCUT2D eigenvalue weighted by molar-refractivity contribution is 7.26. The molecule has 3 heteroatoms. The highest BCUT2D eigenvalue weighted by atomic mass is 32.1. The van der Waals surface area contributed by atoms with Crippen LogP contribution in [0, 0.1) is 0 Å². The van der Waals surface area contributed by atoms with Crippen LogP contribution in [0.2, 0.25) is 0 Å². The van der Waals surface area contributed by atoms with E-state index in [1.165, 1.54) is 69.2 Å². The van der Waals surface area contributed by atoms with Crippen LogP contribution >= 0.6 is 11.3 Å². The Hall–Kier alpha value is -5.90. The first-order valence-corrected chi connectivity index (χ1v) is 16.8. The van der Waals surface area contributed by atoms with Crippen LogP contribution in [0.3, 0.4) is 0 Å². The molecule has 0 saturated carbocycles. The molecule has 47 heavy (non-hydrogen) atoms. The summed E-state index contributed by atoms with van der Waals surface area (Å²) in [5.74, 6) is 0. The second-order valence-electron chi connectivity index (χ2n) is 12.2. The third-order valence-electron chi connectivity index (χ3n) is 9.51. The van der Waals surface area contributed by atoms with Crippen LogP contribution in [-0.4, -0.2) is 4.57 Å². The van der Waals surface area contributed by atoms with Gasteiger partial charge >= 0.3 is 0 Å². The van der Waals surface area contributed by atoms with E-state index < -0.39 is 0 Å². The molecule has 2 heterocycles. The Bertz CT molecular complexity index is 2730. The molecule has 0 aliphatic heterocycles. The lowest BCUT2D eigenvalue weighted by Crippen LogP contribution is -2.10. The number of aromatic nitrogens is 1. The van der Waals surface area contributed by atoms with Crippen molar-refractivity contribution in [3.05, 3.63) is 170 Å². The second-order valence-corrected chi connectivity index (χ2v) is 13.3. The van der Waals surface area contributed by atoms with Gasteiger partial charge in [-0.25, -0.2) is 0 Å². The van der Waals surface area contributed by atoms with E-state index in [2.05, 4.69) is 179 Å². The van der Waals surface area contributed by atoms with Gasteiger partial charge in [-0.2, -0.15) is 0 Å². The fourth-order valence-corrected chi connectivity index (χ4v) is 8.50. The molecule has 2 aromatic heterocycles. The average Bonchev–Trinajstić information content (AvgIpc) is 3.67. The van der Waals surface area contributed by atoms with E-state index in [0.717, 1.165) is 17.1 Å². The fourth-order valence-electron chi connectivity index (χ4n) is 7.39. The topological polar surface area (TPSA) is 8.17 Å². The average molecular weight is 617 g/mol. The van der Waals surface area contributed by atoms with Gasteiger partial charge in [0.1, 0.15) is 0 Å². The lowest BCUT2D eigenvalue weighted by atomic mass is 10.0. The van der Waals surface area contributed by atoms with Crippen LogP contribution < -0.4 is 4.90 Å². The lowest BCUT2D eigenvalue weighted by Gasteiger charge is -2.26. The van der Waals surface area contributed by atoms with Crippen molar-refractivity contribution in [2.24, 2.45) is 0 Å². The maximum absolute atomic E-state index is 2.43. The summed E-state index contributed by atoms with van der Waals surface area (Å²) in [4.78, 5) is 2.41. The number of benzene rings is 8. The molecule has 0 aliphatic carbocycles. The number of nitrogens with zero attached hydrogens (tertiary/aromatic N) is 2. The SMILES string of the molecule is c1ccc(-n2c3ccc(N(c4ccc5ccccc5c4)c4ccc5ccccc5c4)cc3c3c4c(ccc32)sc2ccccc24)cc1. The molecule has 0 unspecified atom stereocenters. The Morgan fingerprint density at radius 3 is 1.68 bits per heavy atom. The van der Waals surface area contributed by atoms with Crippen LogP contribution in [0.5, 0.6) is 0 Å². The fraction of sp³-hybridized carbons (Fsp3) is 0. The molecule has 0 saturated heterocycles. The van der Waals surface area contributed by atoms with Crippen molar-refractivity contribution in [1.29, 1.82) is 0 Å². The quantitative estimate of drug-likeness (QED) is 0.191. The van der Waals surface area contributed by atoms with Gasteiger partial charge in [-0.3, -0.25) is 0 Å². The number of anilines is 3. The molecule has 0 bridgehead atoms. The van der Waals surface area contributed by atoms with Gasteiger partial charge in [0, 0.05) is 53.7 Å². The maximum atomic E-state index is 2.43. The molecule has 2 nitrogen and oxygen atoms in total. The minimum absolute atomic E-state index is 1.13. The minimum Gasteiger partial charge on any atom is -0.310 e. The number of thiophene rings is 1. The first-order chi connectivity index (χ1) is 23.3. The maximum Gasteiger partial charge on any atom is 0.0548 e. The predicted octanol–water partition coefficient (Wildman–Crippen LogP) is 12.9. The lowest BCUT2D eigenvalue weighted by molar-refractivity contribution is 1.18. The molecular formula is C44H28N2S. The van der Waals surface area contributed by atoms with Gasteiger partial charge in [0.2, 0.25) is 0 Å². The molecule has 0 amide bonds. The van der Waals surface area contributed by atoms with Crippen LogP contribution in [0.15, 0.2) is 170 Å². The number of fused-ring (bicyclic) bond motifs is 9. The Labute approximate surface area is 276 Å². The van der Waals surface area contributed by atoms with Crippen LogP contribution in [-0.2, 0) is 0 Å². The molecule has 0 N–H and O–H groups in total. The van der Waals surface area contributed by atoms with Crippen molar-refractivity contribution in [1.82, 2.24) is 4.57 Å². The van der Waals surface area contributed by atoms with Crippen molar-refractivity contribution < 1.29 is 0 Å². The Balaban J connectivity index is 1.30. The first kappa shape index (κ1) is 26.3. The summed E-state index contributed by atoms with van der Waals surface area (Å²) >= 11 is 1.88. The molecule has 0 fully saturated rings. The van der Waals surface area contributed by atoms with Crippen molar-refractivity contribution >= 4 is 91.9 Å². The predicted molar refractivity (Wildman–Crippen MR) is 203 cm³/mol. The standard InChI is InChI=1S/C44H28N2S/c1-2-14-33(15-3-1)46-39-23-22-36(28-38(39)43-40(46)24-25-42-44(43)37-16-8-9-17-41(37)47-42)45(34-20-18-29-10-4-6-12-31(29)26-34)35-21-19-30-11-5-7-13-32(30)27-35/h1-28H. The van der Waals surface area contributed by atoms with Crippen LogP contribution in [0.1, 0.15) is 0 Å². The van der Waals surface area contributed by atoms with Gasteiger partial charge < -0.3 is 9.47 Å². The number of para-hydroxylation sites is 1. The van der Waals surface area contributed by atoms with Crippen LogP contribution in [0.25, 0.3) is 69.2 Å². The van der Waals surface area contributed by atoms with E-state index in [1.54, 1.807) is 0 Å². The van der Waals surface area contributed by atoms with Crippen molar-refractivity contribution in [3.8, 4) is 5.69 Å². The first-order valence-electron chi connectivity index (χ1n) is 16.0. The molecule has 0 radical (unpaired) electrons. The molecular weight excluding hydrogens is 589 g/mol. The number of hydrogen-bond donors (Lipinski definition) is 0. The minimum atomic E-state index is 1.13. The van der Waals surface area contributed by atoms with E-state index in [-0.39, 0.29) is 0 Å². The second kappa shape index (κ2) is 10.3. The number of rotatable bonds is 4. The summed E-state index contributed by atoms with van der Waals surface area (Å²) in [6, 6.07) is 62.0. The third kappa shape index (κ3) is 4.10. The summed E-state index contributed by atoms with van der Waals surface area (Å²) in [6.45, 7) is 0. The highest BCUT2D eigenvalue weighted by Crippen LogP contribution is 2.46. The van der Waals surface area contributed by atoms with Gasteiger partial charge in [-0.15, -0.1) is 11.3 Å². The summed E-state index contributed by atoms with van der Waals surface area (Å²) in [5, 5.41) is 10.1. The Morgan fingerprint density at radius 1 is 0.383 bits per heavy atom. The summed E-state index contributed by atoms with van der Waals surface area (Å²) in [7, 11) is 0. The summed E-state index contributed by atoms with van der Waals surface area (Å²) in [5.41, 5.74) is 7.00. The van der Waals surface area contributed by atoms with Crippen molar-refractivity contribution in [2.45, 2.75) is 0 Å². The monoisotopic (exact) mass is 616 g/mol. The smallest absolute Gasteiger partial charge is 0.0548 e. The largest absolute Gasteiger partial charge is 0.310 e. The molecule has 220 valence electrons. The van der Waals surface area contributed by atoms with Gasteiger partial charge in [0.05, 0.1) is 11.0 Å². The molecule has 10 aromatic rings. The van der Waals surface area contributed by atoms with Crippen molar-refractivity contribution in [3.63, 3.8) is 0 Å². The van der Waals surface area contributed by atoms with E-state index in [0.29, 0.717) is 0 Å². The Morgan fingerprint density at radius 2 is 0.957 bits per heavy atom. The molecule has 8 aromatic carbocycles. The molecule has 0 spiro atoms. The van der Waals surface area contributed by atoms with E-state index >= 15 is 0 Å². The van der Waals surface area contributed by atoms with Gasteiger partial charge in [0.25, 0.3) is 0 Å². The van der Waals surface area contributed by atoms with E-state index in [1.807, 2.05) is 11.3 Å². The van der Waals surface area contributed by atoms with Crippen molar-refractivity contribution in [2.75, 3.05) is 4.90 Å². The summed E-state index contributed by atoms with van der Waals surface area (Å²) in [6.07, 6.45) is 0. The van der Waals surface area contributed by atoms with E-state index in [9.17, 15) is 0 Å². The van der Waals surface area contributed by atoms with E-state index in [4.69, 9.17) is 0 Å². The molecule has 0 atom stereocenters.